The molecular weight excluding hydrogens is 420 g/mol. The zero-order chi connectivity index (χ0) is 23.2. The van der Waals surface area contributed by atoms with E-state index in [1.165, 1.54) is 5.56 Å². The van der Waals surface area contributed by atoms with E-state index in [0.717, 1.165) is 53.5 Å². The minimum Gasteiger partial charge on any atom is -0.508 e. The van der Waals surface area contributed by atoms with Crippen molar-refractivity contribution >= 4 is 10.9 Å². The van der Waals surface area contributed by atoms with Gasteiger partial charge in [0.15, 0.2) is 0 Å². The largest absolute Gasteiger partial charge is 0.508 e. The van der Waals surface area contributed by atoms with Crippen molar-refractivity contribution in [1.29, 1.82) is 0 Å². The average Bonchev–Trinajstić information content (AvgIpc) is 2.85. The molecule has 6 rings (SSSR count). The highest BCUT2D eigenvalue weighted by Gasteiger charge is 2.59. The molecule has 4 nitrogen and oxygen atoms in total. The Morgan fingerprint density at radius 3 is 2.59 bits per heavy atom. The third-order valence-electron chi connectivity index (χ3n) is 8.13. The van der Waals surface area contributed by atoms with Crippen LogP contribution in [0.25, 0.3) is 10.9 Å². The van der Waals surface area contributed by atoms with Gasteiger partial charge in [-0.15, -0.1) is 0 Å². The lowest BCUT2D eigenvalue weighted by Gasteiger charge is -2.58. The second-order valence-electron chi connectivity index (χ2n) is 9.98. The zero-order valence-corrected chi connectivity index (χ0v) is 19.2. The summed E-state index contributed by atoms with van der Waals surface area (Å²) in [6, 6.07) is 28.4. The number of aryl methyl sites for hydroxylation is 1. The van der Waals surface area contributed by atoms with Gasteiger partial charge >= 0.3 is 0 Å². The van der Waals surface area contributed by atoms with Gasteiger partial charge in [-0.25, -0.2) is 0 Å². The van der Waals surface area contributed by atoms with Gasteiger partial charge in [0, 0.05) is 35.4 Å². The summed E-state index contributed by atoms with van der Waals surface area (Å²) in [4.78, 5) is 5.06. The first-order valence-electron chi connectivity index (χ1n) is 12.2. The molecule has 1 aliphatic heterocycles. The van der Waals surface area contributed by atoms with Gasteiger partial charge in [0.2, 0.25) is 0 Å². The van der Waals surface area contributed by atoms with Crippen molar-refractivity contribution in [2.75, 3.05) is 6.54 Å². The van der Waals surface area contributed by atoms with Crippen LogP contribution in [0.1, 0.15) is 35.2 Å². The number of hydrogen-bond acceptors (Lipinski definition) is 4. The van der Waals surface area contributed by atoms with E-state index < -0.39 is 11.0 Å². The van der Waals surface area contributed by atoms with E-state index in [2.05, 4.69) is 53.8 Å². The van der Waals surface area contributed by atoms with Crippen LogP contribution in [0.15, 0.2) is 84.9 Å². The molecule has 172 valence electrons. The Balaban J connectivity index is 1.47. The van der Waals surface area contributed by atoms with Gasteiger partial charge in [0.25, 0.3) is 0 Å². The first kappa shape index (κ1) is 21.3. The average molecular weight is 451 g/mol. The van der Waals surface area contributed by atoms with E-state index in [0.29, 0.717) is 12.8 Å². The number of phenols is 1. The van der Waals surface area contributed by atoms with E-state index in [1.54, 1.807) is 6.07 Å². The lowest BCUT2D eigenvalue weighted by Crippen LogP contribution is -2.71. The molecule has 0 spiro atoms. The molecule has 1 aliphatic carbocycles. The molecule has 3 atom stereocenters. The maximum atomic E-state index is 12.7. The zero-order valence-electron chi connectivity index (χ0n) is 19.2. The minimum atomic E-state index is -0.995. The maximum Gasteiger partial charge on any atom is 0.115 e. The summed E-state index contributed by atoms with van der Waals surface area (Å²) >= 11 is 0. The Morgan fingerprint density at radius 2 is 1.74 bits per heavy atom. The number of aromatic hydroxyl groups is 1. The van der Waals surface area contributed by atoms with E-state index >= 15 is 0 Å². The number of nitrogens with one attached hydrogen (secondary N) is 1. The first-order valence-corrected chi connectivity index (χ1v) is 12.2. The van der Waals surface area contributed by atoms with Gasteiger partial charge in [-0.1, -0.05) is 60.7 Å². The van der Waals surface area contributed by atoms with Crippen LogP contribution in [0.4, 0.5) is 0 Å². The highest BCUT2D eigenvalue weighted by Crippen LogP contribution is 2.52. The fourth-order valence-electron chi connectivity index (χ4n) is 6.39. The Morgan fingerprint density at radius 1 is 0.912 bits per heavy atom. The summed E-state index contributed by atoms with van der Waals surface area (Å²) in [5, 5.41) is 27.8. The van der Waals surface area contributed by atoms with Gasteiger partial charge in [-0.3, -0.25) is 4.98 Å². The minimum absolute atomic E-state index is 0.0663. The highest BCUT2D eigenvalue weighted by atomic mass is 16.3. The molecule has 2 aliphatic rings. The Labute approximate surface area is 200 Å². The van der Waals surface area contributed by atoms with Crippen LogP contribution in [-0.4, -0.2) is 33.4 Å². The lowest BCUT2D eigenvalue weighted by atomic mass is 9.53. The van der Waals surface area contributed by atoms with E-state index in [1.807, 2.05) is 30.3 Å². The van der Waals surface area contributed by atoms with Gasteiger partial charge in [-0.05, 0) is 66.8 Å². The van der Waals surface area contributed by atoms with Crippen LogP contribution >= 0.6 is 0 Å². The number of aromatic nitrogens is 1. The number of piperidine rings is 1. The fraction of sp³-hybridized carbons (Fsp3) is 0.300. The van der Waals surface area contributed by atoms with Gasteiger partial charge < -0.3 is 15.5 Å². The number of benzene rings is 3. The van der Waals surface area contributed by atoms with E-state index in [-0.39, 0.29) is 11.8 Å². The summed E-state index contributed by atoms with van der Waals surface area (Å²) in [5.74, 6) is 0.242. The van der Waals surface area contributed by atoms with Crippen molar-refractivity contribution in [3.8, 4) is 5.75 Å². The molecule has 0 amide bonds. The van der Waals surface area contributed by atoms with Crippen molar-refractivity contribution in [2.45, 2.75) is 49.2 Å². The Kier molecular flexibility index (Phi) is 5.16. The molecule has 34 heavy (non-hydrogen) atoms. The molecule has 3 aromatic carbocycles. The van der Waals surface area contributed by atoms with Gasteiger partial charge in [-0.2, -0.15) is 0 Å². The Bertz CT molecular complexity index is 1340. The second-order valence-corrected chi connectivity index (χ2v) is 9.98. The molecular formula is C30H30N2O2. The SMILES string of the molecule is Oc1cccc([C@@]23CCNC(CCc4ccccc4)[C@@]2(O)Cc2cc4ccccc4nc2C3)c1. The summed E-state index contributed by atoms with van der Waals surface area (Å²) in [5.41, 5.74) is 3.96. The fourth-order valence-corrected chi connectivity index (χ4v) is 6.39. The molecule has 1 fully saturated rings. The van der Waals surface area contributed by atoms with Crippen LogP contribution in [0, 0.1) is 0 Å². The quantitative estimate of drug-likeness (QED) is 0.422. The molecule has 1 unspecified atom stereocenters. The molecule has 3 N–H and O–H groups in total. The van der Waals surface area contributed by atoms with E-state index in [4.69, 9.17) is 4.98 Å². The van der Waals surface area contributed by atoms with Crippen molar-refractivity contribution in [3.63, 3.8) is 0 Å². The predicted molar refractivity (Wildman–Crippen MR) is 135 cm³/mol. The summed E-state index contributed by atoms with van der Waals surface area (Å²) in [6.07, 6.45) is 3.75. The van der Waals surface area contributed by atoms with Crippen LogP contribution < -0.4 is 5.32 Å². The van der Waals surface area contributed by atoms with Crippen molar-refractivity contribution in [1.82, 2.24) is 10.3 Å². The van der Waals surface area contributed by atoms with Gasteiger partial charge in [0.05, 0.1) is 11.1 Å². The monoisotopic (exact) mass is 450 g/mol. The topological polar surface area (TPSA) is 65.4 Å². The molecule has 4 heteroatoms. The molecule has 1 saturated heterocycles. The second kappa shape index (κ2) is 8.23. The summed E-state index contributed by atoms with van der Waals surface area (Å²) in [7, 11) is 0. The smallest absolute Gasteiger partial charge is 0.115 e. The molecule has 0 saturated carbocycles. The van der Waals surface area contributed by atoms with Crippen LogP contribution in [0.3, 0.4) is 0 Å². The highest BCUT2D eigenvalue weighted by molar-refractivity contribution is 5.79. The number of hydrogen-bond donors (Lipinski definition) is 3. The van der Waals surface area contributed by atoms with Crippen LogP contribution in [-0.2, 0) is 24.7 Å². The van der Waals surface area contributed by atoms with Crippen molar-refractivity contribution < 1.29 is 10.2 Å². The van der Waals surface area contributed by atoms with Gasteiger partial charge in [0.1, 0.15) is 5.75 Å². The number of phenolic OH excluding ortho intramolecular Hbond substituents is 1. The van der Waals surface area contributed by atoms with Crippen LogP contribution in [0.2, 0.25) is 0 Å². The number of rotatable bonds is 4. The molecule has 4 aromatic rings. The third kappa shape index (κ3) is 3.41. The third-order valence-corrected chi connectivity index (χ3v) is 8.13. The lowest BCUT2D eigenvalue weighted by molar-refractivity contribution is -0.100. The summed E-state index contributed by atoms with van der Waals surface area (Å²) in [6.45, 7) is 0.820. The predicted octanol–water partition coefficient (Wildman–Crippen LogP) is 4.70. The molecule has 0 radical (unpaired) electrons. The normalized spacial score (nSPS) is 26.1. The van der Waals surface area contributed by atoms with Crippen molar-refractivity contribution in [3.05, 3.63) is 107 Å². The molecule has 0 bridgehead atoms. The summed E-state index contributed by atoms with van der Waals surface area (Å²) < 4.78 is 0. The number of aliphatic hydroxyl groups is 1. The Hall–Kier alpha value is -3.21. The van der Waals surface area contributed by atoms with Crippen molar-refractivity contribution in [2.24, 2.45) is 0 Å². The number of para-hydroxylation sites is 1. The number of nitrogens with zero attached hydrogens (tertiary/aromatic N) is 1. The van der Waals surface area contributed by atoms with Crippen LogP contribution in [0.5, 0.6) is 5.75 Å². The maximum absolute atomic E-state index is 12.7. The molecule has 2 heterocycles. The first-order chi connectivity index (χ1) is 16.6. The number of pyridine rings is 1. The number of fused-ring (bicyclic) bond motifs is 3. The standard InChI is InChI=1S/C30H30N2O2/c33-25-11-6-10-24(18-25)29-15-16-31-28(14-13-21-7-2-1-3-8-21)30(29,34)19-23-17-22-9-4-5-12-26(22)32-27(23)20-29/h1-12,17-18,28,31,33-34H,13-16,19-20H2/t28?,29-,30-/m0/s1. The van der Waals surface area contributed by atoms with E-state index in [9.17, 15) is 10.2 Å². The molecule has 1 aromatic heterocycles.